The summed E-state index contributed by atoms with van der Waals surface area (Å²) in [5.74, 6) is -0.0882. The molecule has 4 rings (SSSR count). The Morgan fingerprint density at radius 3 is 2.41 bits per heavy atom. The quantitative estimate of drug-likeness (QED) is 0.478. The van der Waals surface area contributed by atoms with Crippen molar-refractivity contribution >= 4 is 32.6 Å². The van der Waals surface area contributed by atoms with Gasteiger partial charge in [0.05, 0.1) is 9.82 Å². The third kappa shape index (κ3) is 3.59. The van der Waals surface area contributed by atoms with Gasteiger partial charge in [0.1, 0.15) is 5.58 Å². The van der Waals surface area contributed by atoms with Crippen molar-refractivity contribution < 1.29 is 22.6 Å². The highest BCUT2D eigenvalue weighted by Crippen LogP contribution is 2.24. The number of carbonyl (C=O) groups excluding carboxylic acids is 1. The topological polar surface area (TPSA) is 114 Å². The van der Waals surface area contributed by atoms with Crippen LogP contribution in [-0.2, 0) is 10.0 Å². The minimum Gasteiger partial charge on any atom is -0.451 e. The van der Waals surface area contributed by atoms with Gasteiger partial charge < -0.3 is 9.32 Å². The fourth-order valence-corrected chi connectivity index (χ4v) is 4.74. The van der Waals surface area contributed by atoms with Crippen LogP contribution in [0.4, 0.5) is 5.69 Å². The number of amides is 1. The monoisotopic (exact) mass is 415 g/mol. The van der Waals surface area contributed by atoms with Crippen molar-refractivity contribution in [3.63, 3.8) is 0 Å². The van der Waals surface area contributed by atoms with E-state index in [0.717, 1.165) is 11.5 Å². The van der Waals surface area contributed by atoms with E-state index in [4.69, 9.17) is 4.42 Å². The lowest BCUT2D eigenvalue weighted by molar-refractivity contribution is -0.385. The number of carbonyl (C=O) groups is 1. The standard InChI is InChI=1S/C19H17N3O6S/c23-19(18-12-14-4-1-2-7-17(14)28-18)20-8-10-21(11-9-20)29(26,27)16-6-3-5-15(13-16)22(24)25/h1-7,12-13H,8-11H2. The number of para-hydroxylation sites is 1. The number of hydrogen-bond donors (Lipinski definition) is 0. The summed E-state index contributed by atoms with van der Waals surface area (Å²) in [6.45, 7) is 0.585. The van der Waals surface area contributed by atoms with Gasteiger partial charge in [-0.15, -0.1) is 0 Å². The maximum atomic E-state index is 12.8. The Bertz CT molecular complexity index is 1160. The average Bonchev–Trinajstić information content (AvgIpc) is 3.17. The van der Waals surface area contributed by atoms with Crippen LogP contribution in [0.2, 0.25) is 0 Å². The number of non-ortho nitro benzene ring substituents is 1. The van der Waals surface area contributed by atoms with Gasteiger partial charge in [-0.05, 0) is 18.2 Å². The summed E-state index contributed by atoms with van der Waals surface area (Å²) in [7, 11) is -3.88. The molecule has 1 amide bonds. The highest BCUT2D eigenvalue weighted by atomic mass is 32.2. The second-order valence-corrected chi connectivity index (χ2v) is 8.54. The third-order valence-electron chi connectivity index (χ3n) is 4.83. The molecule has 1 aliphatic rings. The second kappa shape index (κ2) is 7.30. The van der Waals surface area contributed by atoms with Crippen LogP contribution in [0.5, 0.6) is 0 Å². The van der Waals surface area contributed by atoms with Crippen molar-refractivity contribution in [3.8, 4) is 0 Å². The predicted octanol–water partition coefficient (Wildman–Crippen LogP) is 2.49. The van der Waals surface area contributed by atoms with Crippen LogP contribution in [0.25, 0.3) is 11.0 Å². The summed E-state index contributed by atoms with van der Waals surface area (Å²) >= 11 is 0. The normalized spacial score (nSPS) is 15.5. The summed E-state index contributed by atoms with van der Waals surface area (Å²) in [5.41, 5.74) is 0.326. The summed E-state index contributed by atoms with van der Waals surface area (Å²) < 4.78 is 32.4. The van der Waals surface area contributed by atoms with Crippen molar-refractivity contribution in [3.05, 3.63) is 70.5 Å². The van der Waals surface area contributed by atoms with Gasteiger partial charge in [0.2, 0.25) is 10.0 Å². The lowest BCUT2D eigenvalue weighted by Gasteiger charge is -2.33. The Balaban J connectivity index is 1.48. The largest absolute Gasteiger partial charge is 0.451 e. The van der Waals surface area contributed by atoms with E-state index in [1.54, 1.807) is 12.1 Å². The van der Waals surface area contributed by atoms with E-state index in [2.05, 4.69) is 0 Å². The van der Waals surface area contributed by atoms with Crippen molar-refractivity contribution in [1.29, 1.82) is 0 Å². The molecule has 1 fully saturated rings. The Morgan fingerprint density at radius 1 is 1.00 bits per heavy atom. The molecule has 3 aromatic rings. The van der Waals surface area contributed by atoms with E-state index in [1.165, 1.54) is 27.4 Å². The minimum absolute atomic E-state index is 0.0942. The van der Waals surface area contributed by atoms with Crippen LogP contribution < -0.4 is 0 Å². The molecule has 29 heavy (non-hydrogen) atoms. The maximum Gasteiger partial charge on any atom is 0.289 e. The molecule has 1 aliphatic heterocycles. The van der Waals surface area contributed by atoms with Crippen LogP contribution in [0.1, 0.15) is 10.6 Å². The van der Waals surface area contributed by atoms with Gasteiger partial charge in [-0.3, -0.25) is 14.9 Å². The number of nitrogens with zero attached hydrogens (tertiary/aromatic N) is 3. The first-order valence-electron chi connectivity index (χ1n) is 8.89. The van der Waals surface area contributed by atoms with Gasteiger partial charge in [0.15, 0.2) is 5.76 Å². The van der Waals surface area contributed by atoms with Crippen LogP contribution in [0.3, 0.4) is 0 Å². The zero-order chi connectivity index (χ0) is 20.6. The summed E-state index contributed by atoms with van der Waals surface area (Å²) in [4.78, 5) is 24.4. The number of furan rings is 1. The molecule has 1 aromatic heterocycles. The van der Waals surface area contributed by atoms with Gasteiger partial charge in [0.25, 0.3) is 11.6 Å². The maximum absolute atomic E-state index is 12.8. The van der Waals surface area contributed by atoms with Gasteiger partial charge in [-0.25, -0.2) is 8.42 Å². The molecule has 2 aromatic carbocycles. The minimum atomic E-state index is -3.88. The first-order chi connectivity index (χ1) is 13.9. The highest BCUT2D eigenvalue weighted by Gasteiger charge is 2.32. The van der Waals surface area contributed by atoms with E-state index < -0.39 is 14.9 Å². The van der Waals surface area contributed by atoms with Crippen molar-refractivity contribution in [2.45, 2.75) is 4.90 Å². The number of sulfonamides is 1. The molecule has 0 unspecified atom stereocenters. The smallest absolute Gasteiger partial charge is 0.289 e. The van der Waals surface area contributed by atoms with E-state index >= 15 is 0 Å². The van der Waals surface area contributed by atoms with Crippen LogP contribution in [0, 0.1) is 10.1 Å². The molecular formula is C19H17N3O6S. The molecule has 0 saturated carbocycles. The molecule has 9 nitrogen and oxygen atoms in total. The van der Waals surface area contributed by atoms with Gasteiger partial charge >= 0.3 is 0 Å². The summed E-state index contributed by atoms with van der Waals surface area (Å²) in [5, 5.41) is 11.7. The molecule has 0 bridgehead atoms. The Hall–Kier alpha value is -3.24. The van der Waals surface area contributed by atoms with E-state index in [-0.39, 0.29) is 48.4 Å². The Labute approximate surface area is 166 Å². The summed E-state index contributed by atoms with van der Waals surface area (Å²) in [6, 6.07) is 13.9. The van der Waals surface area contributed by atoms with Crippen LogP contribution in [0.15, 0.2) is 63.9 Å². The van der Waals surface area contributed by atoms with Crippen molar-refractivity contribution in [2.75, 3.05) is 26.2 Å². The van der Waals surface area contributed by atoms with E-state index in [0.29, 0.717) is 5.58 Å². The molecule has 0 atom stereocenters. The molecule has 1 saturated heterocycles. The molecule has 150 valence electrons. The van der Waals surface area contributed by atoms with Gasteiger partial charge in [-0.1, -0.05) is 24.3 Å². The molecule has 2 heterocycles. The third-order valence-corrected chi connectivity index (χ3v) is 6.72. The van der Waals surface area contributed by atoms with Gasteiger partial charge in [0, 0.05) is 43.7 Å². The zero-order valence-electron chi connectivity index (χ0n) is 15.2. The Kier molecular flexibility index (Phi) is 4.81. The number of nitro benzene ring substituents is 1. The number of hydrogen-bond acceptors (Lipinski definition) is 6. The number of rotatable bonds is 4. The van der Waals surface area contributed by atoms with Gasteiger partial charge in [-0.2, -0.15) is 4.31 Å². The lowest BCUT2D eigenvalue weighted by Crippen LogP contribution is -2.50. The zero-order valence-corrected chi connectivity index (χ0v) is 16.0. The molecule has 0 aliphatic carbocycles. The predicted molar refractivity (Wildman–Crippen MR) is 104 cm³/mol. The first kappa shape index (κ1) is 19.1. The first-order valence-corrected chi connectivity index (χ1v) is 10.3. The molecular weight excluding hydrogens is 398 g/mol. The second-order valence-electron chi connectivity index (χ2n) is 6.60. The molecule has 0 spiro atoms. The van der Waals surface area contributed by atoms with E-state index in [1.807, 2.05) is 18.2 Å². The SMILES string of the molecule is O=C(c1cc2ccccc2o1)N1CCN(S(=O)(=O)c2cccc([N+](=O)[O-])c2)CC1. The van der Waals surface area contributed by atoms with Crippen molar-refractivity contribution in [2.24, 2.45) is 0 Å². The molecule has 0 N–H and O–H groups in total. The lowest BCUT2D eigenvalue weighted by atomic mass is 10.2. The van der Waals surface area contributed by atoms with E-state index in [9.17, 15) is 23.3 Å². The van der Waals surface area contributed by atoms with Crippen LogP contribution in [-0.4, -0.2) is 54.6 Å². The number of benzene rings is 2. The highest BCUT2D eigenvalue weighted by molar-refractivity contribution is 7.89. The average molecular weight is 415 g/mol. The number of piperazine rings is 1. The molecule has 0 radical (unpaired) electrons. The number of fused-ring (bicyclic) bond motifs is 1. The summed E-state index contributed by atoms with van der Waals surface area (Å²) in [6.07, 6.45) is 0. The van der Waals surface area contributed by atoms with Crippen molar-refractivity contribution in [1.82, 2.24) is 9.21 Å². The molecule has 10 heteroatoms. The van der Waals surface area contributed by atoms with Crippen LogP contribution >= 0.6 is 0 Å². The number of nitro groups is 1. The Morgan fingerprint density at radius 2 is 1.72 bits per heavy atom. The fraction of sp³-hybridized carbons (Fsp3) is 0.211. The fourth-order valence-electron chi connectivity index (χ4n) is 3.28.